The van der Waals surface area contributed by atoms with E-state index in [4.69, 9.17) is 5.21 Å². The van der Waals surface area contributed by atoms with Crippen LogP contribution in [0.3, 0.4) is 0 Å². The first kappa shape index (κ1) is 11.5. The molecule has 0 bridgehead atoms. The van der Waals surface area contributed by atoms with Crippen LogP contribution < -0.4 is 0 Å². The number of hydrogen-bond acceptors (Lipinski definition) is 2. The molecule has 1 aliphatic rings. The minimum Gasteiger partial charge on any atom is -0.411 e. The molecular formula is C12H23NO. The van der Waals surface area contributed by atoms with Gasteiger partial charge in [0.15, 0.2) is 0 Å². The van der Waals surface area contributed by atoms with Crippen molar-refractivity contribution in [3.8, 4) is 0 Å². The van der Waals surface area contributed by atoms with E-state index in [2.05, 4.69) is 12.1 Å². The van der Waals surface area contributed by atoms with Gasteiger partial charge in [0.05, 0.1) is 5.71 Å². The molecule has 1 N–H and O–H groups in total. The Hall–Kier alpha value is -0.530. The molecule has 82 valence electrons. The molecule has 1 fully saturated rings. The van der Waals surface area contributed by atoms with Crippen molar-refractivity contribution < 1.29 is 5.21 Å². The predicted octanol–water partition coefficient (Wildman–Crippen LogP) is 3.98. The average molecular weight is 197 g/mol. The second-order valence-electron chi connectivity index (χ2n) is 4.38. The third-order valence-electron chi connectivity index (χ3n) is 3.24. The summed E-state index contributed by atoms with van der Waals surface area (Å²) in [5, 5.41) is 12.3. The summed E-state index contributed by atoms with van der Waals surface area (Å²) in [7, 11) is 0. The first-order valence-electron chi connectivity index (χ1n) is 6.09. The Bertz CT molecular complexity index is 177. The van der Waals surface area contributed by atoms with Gasteiger partial charge in [0.25, 0.3) is 0 Å². The Balaban J connectivity index is 2.20. The highest BCUT2D eigenvalue weighted by molar-refractivity contribution is 5.86. The van der Waals surface area contributed by atoms with Gasteiger partial charge in [-0.15, -0.1) is 0 Å². The molecular weight excluding hydrogens is 174 g/mol. The summed E-state index contributed by atoms with van der Waals surface area (Å²) in [6, 6.07) is 0. The van der Waals surface area contributed by atoms with Crippen molar-refractivity contribution in [3.63, 3.8) is 0 Å². The van der Waals surface area contributed by atoms with Gasteiger partial charge in [0, 0.05) is 5.92 Å². The quantitative estimate of drug-likeness (QED) is 0.403. The summed E-state index contributed by atoms with van der Waals surface area (Å²) in [4.78, 5) is 0. The molecule has 0 amide bonds. The largest absolute Gasteiger partial charge is 0.411 e. The van der Waals surface area contributed by atoms with Crippen molar-refractivity contribution >= 4 is 5.71 Å². The molecule has 1 atom stereocenters. The van der Waals surface area contributed by atoms with E-state index in [9.17, 15) is 0 Å². The molecule has 2 heteroatoms. The van der Waals surface area contributed by atoms with Gasteiger partial charge in [-0.05, 0) is 25.7 Å². The normalized spacial score (nSPS) is 25.5. The maximum atomic E-state index is 8.85. The van der Waals surface area contributed by atoms with Crippen molar-refractivity contribution in [1.82, 2.24) is 0 Å². The molecule has 0 heterocycles. The molecule has 1 rings (SSSR count). The molecule has 0 aliphatic heterocycles. The minimum absolute atomic E-state index is 0.589. The molecule has 0 aromatic rings. The number of nitrogens with zero attached hydrogens (tertiary/aromatic N) is 1. The predicted molar refractivity (Wildman–Crippen MR) is 59.9 cm³/mol. The van der Waals surface area contributed by atoms with Gasteiger partial charge in [-0.2, -0.15) is 0 Å². The standard InChI is InChI=1S/C12H23NO/c1-2-3-4-5-8-11-9-6-7-10-12(11)13-14/h11,14H,2-10H2,1H3/b13-12+. The molecule has 0 saturated heterocycles. The van der Waals surface area contributed by atoms with Crippen molar-refractivity contribution in [3.05, 3.63) is 0 Å². The van der Waals surface area contributed by atoms with E-state index >= 15 is 0 Å². The summed E-state index contributed by atoms with van der Waals surface area (Å²) >= 11 is 0. The molecule has 1 aliphatic carbocycles. The summed E-state index contributed by atoms with van der Waals surface area (Å²) < 4.78 is 0. The fraction of sp³-hybridized carbons (Fsp3) is 0.917. The monoisotopic (exact) mass is 197 g/mol. The Morgan fingerprint density at radius 3 is 2.86 bits per heavy atom. The van der Waals surface area contributed by atoms with Gasteiger partial charge in [-0.1, -0.05) is 44.2 Å². The second-order valence-corrected chi connectivity index (χ2v) is 4.38. The number of rotatable bonds is 5. The van der Waals surface area contributed by atoms with E-state index in [1.807, 2.05) is 0 Å². The van der Waals surface area contributed by atoms with Crippen LogP contribution in [0.5, 0.6) is 0 Å². The molecule has 0 aromatic carbocycles. The molecule has 2 nitrogen and oxygen atoms in total. The summed E-state index contributed by atoms with van der Waals surface area (Å²) in [5.41, 5.74) is 1.06. The number of oxime groups is 1. The van der Waals surface area contributed by atoms with Gasteiger partial charge < -0.3 is 5.21 Å². The highest BCUT2D eigenvalue weighted by atomic mass is 16.4. The molecule has 1 saturated carbocycles. The molecule has 0 spiro atoms. The summed E-state index contributed by atoms with van der Waals surface area (Å²) in [5.74, 6) is 0.589. The highest BCUT2D eigenvalue weighted by Crippen LogP contribution is 2.26. The van der Waals surface area contributed by atoms with Gasteiger partial charge in [0.1, 0.15) is 0 Å². The van der Waals surface area contributed by atoms with Crippen LogP contribution in [0.25, 0.3) is 0 Å². The van der Waals surface area contributed by atoms with Gasteiger partial charge >= 0.3 is 0 Å². The SMILES string of the molecule is CCCCCCC1CCCC/C1=N\O. The topological polar surface area (TPSA) is 32.6 Å². The van der Waals surface area contributed by atoms with Crippen LogP contribution in [0.2, 0.25) is 0 Å². The van der Waals surface area contributed by atoms with Crippen LogP contribution >= 0.6 is 0 Å². The average Bonchev–Trinajstić information content (AvgIpc) is 2.25. The Morgan fingerprint density at radius 2 is 2.14 bits per heavy atom. The van der Waals surface area contributed by atoms with Crippen LogP contribution in [-0.2, 0) is 0 Å². The van der Waals surface area contributed by atoms with Gasteiger partial charge in [-0.3, -0.25) is 0 Å². The smallest absolute Gasteiger partial charge is 0.0601 e. The van der Waals surface area contributed by atoms with E-state index in [1.54, 1.807) is 0 Å². The maximum Gasteiger partial charge on any atom is 0.0601 e. The van der Waals surface area contributed by atoms with Crippen molar-refractivity contribution in [1.29, 1.82) is 0 Å². The first-order valence-corrected chi connectivity index (χ1v) is 6.09. The zero-order valence-electron chi connectivity index (χ0n) is 9.34. The third-order valence-corrected chi connectivity index (χ3v) is 3.24. The maximum absolute atomic E-state index is 8.85. The minimum atomic E-state index is 0.589. The Kier molecular flexibility index (Phi) is 5.65. The van der Waals surface area contributed by atoms with Crippen LogP contribution in [-0.4, -0.2) is 10.9 Å². The molecule has 0 aromatic heterocycles. The number of hydrogen-bond donors (Lipinski definition) is 1. The fourth-order valence-electron chi connectivity index (χ4n) is 2.33. The van der Waals surface area contributed by atoms with Crippen molar-refractivity contribution in [2.24, 2.45) is 11.1 Å². The van der Waals surface area contributed by atoms with Gasteiger partial charge in [-0.25, -0.2) is 0 Å². The lowest BCUT2D eigenvalue weighted by molar-refractivity contribution is 0.307. The van der Waals surface area contributed by atoms with E-state index < -0.39 is 0 Å². The second kappa shape index (κ2) is 6.86. The molecule has 1 unspecified atom stereocenters. The molecule has 0 radical (unpaired) electrons. The third kappa shape index (κ3) is 3.69. The van der Waals surface area contributed by atoms with Crippen molar-refractivity contribution in [2.45, 2.75) is 64.7 Å². The lowest BCUT2D eigenvalue weighted by Crippen LogP contribution is -2.19. The fourth-order valence-corrected chi connectivity index (χ4v) is 2.33. The van der Waals surface area contributed by atoms with E-state index in [0.29, 0.717) is 5.92 Å². The number of unbranched alkanes of at least 4 members (excludes halogenated alkanes) is 3. The Labute approximate surface area is 87.4 Å². The van der Waals surface area contributed by atoms with Gasteiger partial charge in [0.2, 0.25) is 0 Å². The molecule has 14 heavy (non-hydrogen) atoms. The van der Waals surface area contributed by atoms with Crippen LogP contribution in [0.4, 0.5) is 0 Å². The Morgan fingerprint density at radius 1 is 1.29 bits per heavy atom. The first-order chi connectivity index (χ1) is 6.88. The van der Waals surface area contributed by atoms with E-state index in [1.165, 1.54) is 51.4 Å². The van der Waals surface area contributed by atoms with Crippen LogP contribution in [0.15, 0.2) is 5.16 Å². The summed E-state index contributed by atoms with van der Waals surface area (Å²) in [6.45, 7) is 2.24. The van der Waals surface area contributed by atoms with E-state index in [-0.39, 0.29) is 0 Å². The van der Waals surface area contributed by atoms with E-state index in [0.717, 1.165) is 12.1 Å². The summed E-state index contributed by atoms with van der Waals surface area (Å²) in [6.07, 6.45) is 11.3. The zero-order valence-corrected chi connectivity index (χ0v) is 9.34. The zero-order chi connectivity index (χ0) is 10.2. The van der Waals surface area contributed by atoms with Crippen LogP contribution in [0, 0.1) is 5.92 Å². The van der Waals surface area contributed by atoms with Crippen molar-refractivity contribution in [2.75, 3.05) is 0 Å². The van der Waals surface area contributed by atoms with Crippen LogP contribution in [0.1, 0.15) is 64.7 Å². The lowest BCUT2D eigenvalue weighted by atomic mass is 9.84. The lowest BCUT2D eigenvalue weighted by Gasteiger charge is -2.22. The highest BCUT2D eigenvalue weighted by Gasteiger charge is 2.20.